The van der Waals surface area contributed by atoms with Gasteiger partial charge in [0.25, 0.3) is 0 Å². The molecule has 13 heavy (non-hydrogen) atoms. The summed E-state index contributed by atoms with van der Waals surface area (Å²) in [4.78, 5) is 11.4. The Hall–Kier alpha value is -1.57. The number of carbonyl (C=O) groups excluding carboxylic acids is 1. The second-order valence-electron chi connectivity index (χ2n) is 3.17. The van der Waals surface area contributed by atoms with Gasteiger partial charge in [-0.05, 0) is 12.5 Å². The highest BCUT2D eigenvalue weighted by Crippen LogP contribution is 2.28. The molecule has 0 amide bonds. The molecule has 0 bridgehead atoms. The second kappa shape index (κ2) is 3.05. The zero-order valence-corrected chi connectivity index (χ0v) is 7.29. The van der Waals surface area contributed by atoms with E-state index in [0.717, 1.165) is 17.6 Å². The van der Waals surface area contributed by atoms with Gasteiger partial charge in [0.15, 0.2) is 5.78 Å². The Labute approximate surface area is 77.1 Å². The van der Waals surface area contributed by atoms with Crippen LogP contribution in [-0.4, -0.2) is 5.78 Å². The van der Waals surface area contributed by atoms with Crippen LogP contribution in [0.5, 0.6) is 0 Å². The molecule has 66 valence electrons. The molecule has 0 heterocycles. The first-order chi connectivity index (χ1) is 6.29. The van der Waals surface area contributed by atoms with Gasteiger partial charge in [-0.1, -0.05) is 24.3 Å². The Morgan fingerprint density at radius 2 is 2.00 bits per heavy atom. The molecule has 0 saturated heterocycles. The summed E-state index contributed by atoms with van der Waals surface area (Å²) in [5.74, 6) is 0.206. The molecule has 2 heteroatoms. The Kier molecular flexibility index (Phi) is 1.89. The summed E-state index contributed by atoms with van der Waals surface area (Å²) in [6.07, 6.45) is 3.44. The van der Waals surface area contributed by atoms with E-state index < -0.39 is 0 Å². The molecule has 1 aromatic carbocycles. The highest BCUT2D eigenvalue weighted by Gasteiger charge is 2.17. The number of allylic oxidation sites excluding steroid dienone is 2. The molecule has 0 saturated carbocycles. The normalized spacial score (nSPS) is 16.0. The van der Waals surface area contributed by atoms with Gasteiger partial charge in [-0.2, -0.15) is 0 Å². The molecule has 0 unspecified atom stereocenters. The van der Waals surface area contributed by atoms with Crippen molar-refractivity contribution in [3.05, 3.63) is 35.9 Å². The molecule has 1 aromatic rings. The zero-order chi connectivity index (χ0) is 9.26. The number of benzene rings is 1. The first-order valence-electron chi connectivity index (χ1n) is 4.37. The van der Waals surface area contributed by atoms with E-state index in [1.54, 1.807) is 0 Å². The summed E-state index contributed by atoms with van der Waals surface area (Å²) in [6.45, 7) is 0. The predicted octanol–water partition coefficient (Wildman–Crippen LogP) is 2.02. The van der Waals surface area contributed by atoms with Crippen LogP contribution in [0.1, 0.15) is 18.4 Å². The van der Waals surface area contributed by atoms with Crippen molar-refractivity contribution in [3.8, 4) is 0 Å². The molecule has 1 aliphatic rings. The molecule has 2 N–H and O–H groups in total. The van der Waals surface area contributed by atoms with Gasteiger partial charge in [-0.25, -0.2) is 0 Å². The first kappa shape index (κ1) is 8.05. The van der Waals surface area contributed by atoms with Crippen molar-refractivity contribution in [2.75, 3.05) is 5.73 Å². The van der Waals surface area contributed by atoms with Crippen molar-refractivity contribution in [1.29, 1.82) is 0 Å². The average molecular weight is 173 g/mol. The van der Waals surface area contributed by atoms with Crippen LogP contribution in [0, 0.1) is 0 Å². The molecule has 0 spiro atoms. The number of para-hydroxylation sites is 1. The van der Waals surface area contributed by atoms with Crippen molar-refractivity contribution in [2.24, 2.45) is 0 Å². The van der Waals surface area contributed by atoms with Gasteiger partial charge < -0.3 is 5.73 Å². The predicted molar refractivity (Wildman–Crippen MR) is 53.1 cm³/mol. The fourth-order valence-electron chi connectivity index (χ4n) is 1.60. The fraction of sp³-hybridized carbons (Fsp3) is 0.182. The van der Waals surface area contributed by atoms with Gasteiger partial charge in [0, 0.05) is 23.2 Å². The van der Waals surface area contributed by atoms with E-state index in [1.165, 1.54) is 0 Å². The molecule has 0 radical (unpaired) electrons. The summed E-state index contributed by atoms with van der Waals surface area (Å²) in [5.41, 5.74) is 8.12. The SMILES string of the molecule is Nc1ccccc1C1=CCCC1=O. The fourth-order valence-corrected chi connectivity index (χ4v) is 1.60. The van der Waals surface area contributed by atoms with Crippen LogP contribution < -0.4 is 5.73 Å². The van der Waals surface area contributed by atoms with E-state index in [0.29, 0.717) is 12.1 Å². The number of ketones is 1. The minimum absolute atomic E-state index is 0.206. The van der Waals surface area contributed by atoms with Crippen LogP contribution in [0.2, 0.25) is 0 Å². The van der Waals surface area contributed by atoms with E-state index in [4.69, 9.17) is 5.73 Å². The van der Waals surface area contributed by atoms with Gasteiger partial charge >= 0.3 is 0 Å². The molecule has 0 fully saturated rings. The van der Waals surface area contributed by atoms with Crippen LogP contribution in [0.15, 0.2) is 30.3 Å². The van der Waals surface area contributed by atoms with Crippen molar-refractivity contribution in [2.45, 2.75) is 12.8 Å². The number of hydrogen-bond donors (Lipinski definition) is 1. The lowest BCUT2D eigenvalue weighted by Gasteiger charge is -2.04. The van der Waals surface area contributed by atoms with E-state index in [2.05, 4.69) is 0 Å². The van der Waals surface area contributed by atoms with Gasteiger partial charge in [0.2, 0.25) is 0 Å². The monoisotopic (exact) mass is 173 g/mol. The van der Waals surface area contributed by atoms with E-state index in [1.807, 2.05) is 30.3 Å². The van der Waals surface area contributed by atoms with Gasteiger partial charge in [-0.15, -0.1) is 0 Å². The molecule has 2 nitrogen and oxygen atoms in total. The largest absolute Gasteiger partial charge is 0.398 e. The van der Waals surface area contributed by atoms with Crippen LogP contribution in [-0.2, 0) is 4.79 Å². The molecule has 0 atom stereocenters. The Morgan fingerprint density at radius 3 is 2.62 bits per heavy atom. The standard InChI is InChI=1S/C11H11NO/c12-10-6-2-1-4-8(10)9-5-3-7-11(9)13/h1-2,4-6H,3,7,12H2. The lowest BCUT2D eigenvalue weighted by atomic mass is 10.0. The molecule has 2 rings (SSSR count). The van der Waals surface area contributed by atoms with E-state index in [-0.39, 0.29) is 5.78 Å². The second-order valence-corrected chi connectivity index (χ2v) is 3.17. The summed E-state index contributed by atoms with van der Waals surface area (Å²) < 4.78 is 0. The Morgan fingerprint density at radius 1 is 1.23 bits per heavy atom. The quantitative estimate of drug-likeness (QED) is 0.660. The maximum Gasteiger partial charge on any atom is 0.163 e. The lowest BCUT2D eigenvalue weighted by Crippen LogP contribution is -1.98. The van der Waals surface area contributed by atoms with Gasteiger partial charge in [0.1, 0.15) is 0 Å². The van der Waals surface area contributed by atoms with Crippen molar-refractivity contribution >= 4 is 17.0 Å². The van der Waals surface area contributed by atoms with E-state index >= 15 is 0 Å². The Bertz CT molecular complexity index is 379. The number of nitrogen functional groups attached to an aromatic ring is 1. The number of rotatable bonds is 1. The van der Waals surface area contributed by atoms with Gasteiger partial charge in [0.05, 0.1) is 0 Å². The van der Waals surface area contributed by atoms with Crippen molar-refractivity contribution < 1.29 is 4.79 Å². The number of Topliss-reactive ketones (excluding diaryl/α,β-unsaturated/α-hetero) is 1. The van der Waals surface area contributed by atoms with Crippen LogP contribution in [0.4, 0.5) is 5.69 Å². The highest BCUT2D eigenvalue weighted by atomic mass is 16.1. The van der Waals surface area contributed by atoms with Crippen molar-refractivity contribution in [3.63, 3.8) is 0 Å². The maximum atomic E-state index is 11.4. The summed E-state index contributed by atoms with van der Waals surface area (Å²) in [6, 6.07) is 7.49. The molecular weight excluding hydrogens is 162 g/mol. The summed E-state index contributed by atoms with van der Waals surface area (Å²) in [5, 5.41) is 0. The summed E-state index contributed by atoms with van der Waals surface area (Å²) in [7, 11) is 0. The first-order valence-corrected chi connectivity index (χ1v) is 4.37. The van der Waals surface area contributed by atoms with Crippen LogP contribution in [0.3, 0.4) is 0 Å². The maximum absolute atomic E-state index is 11.4. The zero-order valence-electron chi connectivity index (χ0n) is 7.29. The third-order valence-corrected chi connectivity index (χ3v) is 2.27. The van der Waals surface area contributed by atoms with Crippen molar-refractivity contribution in [1.82, 2.24) is 0 Å². The average Bonchev–Trinajstić information content (AvgIpc) is 2.52. The van der Waals surface area contributed by atoms with Gasteiger partial charge in [-0.3, -0.25) is 4.79 Å². The van der Waals surface area contributed by atoms with Crippen LogP contribution in [0.25, 0.3) is 5.57 Å². The molecule has 0 aliphatic heterocycles. The number of hydrogen-bond acceptors (Lipinski definition) is 2. The third-order valence-electron chi connectivity index (χ3n) is 2.27. The number of anilines is 1. The Balaban J connectivity index is 2.46. The topological polar surface area (TPSA) is 43.1 Å². The molecule has 0 aromatic heterocycles. The van der Waals surface area contributed by atoms with Crippen LogP contribution >= 0.6 is 0 Å². The highest BCUT2D eigenvalue weighted by molar-refractivity contribution is 6.23. The minimum atomic E-state index is 0.206. The molecular formula is C11H11NO. The lowest BCUT2D eigenvalue weighted by molar-refractivity contribution is -0.113. The number of carbonyl (C=O) groups is 1. The smallest absolute Gasteiger partial charge is 0.163 e. The minimum Gasteiger partial charge on any atom is -0.398 e. The molecule has 1 aliphatic carbocycles. The third kappa shape index (κ3) is 1.35. The van der Waals surface area contributed by atoms with E-state index in [9.17, 15) is 4.79 Å². The summed E-state index contributed by atoms with van der Waals surface area (Å²) >= 11 is 0. The number of nitrogens with two attached hydrogens (primary N) is 1.